The minimum absolute atomic E-state index is 0.0246. The summed E-state index contributed by atoms with van der Waals surface area (Å²) in [5.74, 6) is 0.619. The summed E-state index contributed by atoms with van der Waals surface area (Å²) in [6.07, 6.45) is 6.10. The molecule has 6 heteroatoms. The van der Waals surface area contributed by atoms with E-state index in [2.05, 4.69) is 10.3 Å². The maximum atomic E-state index is 13.8. The summed E-state index contributed by atoms with van der Waals surface area (Å²) >= 11 is 0. The van der Waals surface area contributed by atoms with Crippen LogP contribution in [0.25, 0.3) is 11.0 Å². The van der Waals surface area contributed by atoms with Crippen LogP contribution in [-0.4, -0.2) is 21.5 Å². The van der Waals surface area contributed by atoms with Gasteiger partial charge in [-0.15, -0.1) is 0 Å². The molecule has 3 aliphatic rings. The first kappa shape index (κ1) is 19.0. The topological polar surface area (TPSA) is 46.9 Å². The predicted molar refractivity (Wildman–Crippen MR) is 114 cm³/mol. The molecule has 1 amide bonds. The summed E-state index contributed by atoms with van der Waals surface area (Å²) in [4.78, 5) is 17.1. The highest BCUT2D eigenvalue weighted by molar-refractivity contribution is 5.94. The maximum Gasteiger partial charge on any atom is 0.251 e. The van der Waals surface area contributed by atoms with Crippen molar-refractivity contribution in [1.29, 1.82) is 0 Å². The molecule has 2 aromatic carbocycles. The molecule has 0 saturated heterocycles. The Labute approximate surface area is 179 Å². The van der Waals surface area contributed by atoms with Crippen LogP contribution in [0.1, 0.15) is 47.6 Å². The largest absolute Gasteiger partial charge is 0.349 e. The number of aromatic nitrogens is 2. The number of rotatable bonds is 5. The molecule has 31 heavy (non-hydrogen) atoms. The average molecular weight is 421 g/mol. The van der Waals surface area contributed by atoms with Crippen LogP contribution in [0.15, 0.2) is 42.7 Å². The van der Waals surface area contributed by atoms with Gasteiger partial charge in [0.1, 0.15) is 0 Å². The molecule has 1 heterocycles. The molecule has 0 aliphatic heterocycles. The molecule has 2 unspecified atom stereocenters. The lowest BCUT2D eigenvalue weighted by Gasteiger charge is -2.23. The Morgan fingerprint density at radius 3 is 2.45 bits per heavy atom. The number of halogens is 2. The highest BCUT2D eigenvalue weighted by Crippen LogP contribution is 2.64. The summed E-state index contributed by atoms with van der Waals surface area (Å²) in [5, 5.41) is 3.35. The third-order valence-electron chi connectivity index (χ3n) is 7.65. The molecule has 0 bridgehead atoms. The van der Waals surface area contributed by atoms with E-state index in [9.17, 15) is 13.6 Å². The van der Waals surface area contributed by atoms with Crippen molar-refractivity contribution in [2.24, 2.45) is 23.7 Å². The molecule has 1 aromatic heterocycles. The third kappa shape index (κ3) is 3.24. The average Bonchev–Trinajstić information content (AvgIpc) is 3.63. The molecule has 3 aromatic rings. The van der Waals surface area contributed by atoms with Crippen molar-refractivity contribution < 1.29 is 13.6 Å². The molecular formula is C25H25F2N3O. The number of carbonyl (C=O) groups excluding carboxylic acids is 1. The number of carbonyl (C=O) groups is 1. The zero-order chi connectivity index (χ0) is 21.3. The molecule has 6 rings (SSSR count). The number of hydrogen-bond acceptors (Lipinski definition) is 2. The minimum atomic E-state index is -0.858. The minimum Gasteiger partial charge on any atom is -0.349 e. The van der Waals surface area contributed by atoms with Crippen LogP contribution < -0.4 is 5.32 Å². The zero-order valence-corrected chi connectivity index (χ0v) is 17.4. The monoisotopic (exact) mass is 421 g/mol. The molecule has 0 radical (unpaired) electrons. The van der Waals surface area contributed by atoms with Gasteiger partial charge in [-0.2, -0.15) is 0 Å². The van der Waals surface area contributed by atoms with Crippen molar-refractivity contribution in [2.75, 3.05) is 0 Å². The van der Waals surface area contributed by atoms with Gasteiger partial charge >= 0.3 is 0 Å². The molecule has 0 spiro atoms. The highest BCUT2D eigenvalue weighted by Gasteiger charge is 2.61. The van der Waals surface area contributed by atoms with E-state index in [1.807, 2.05) is 35.8 Å². The number of imidazole rings is 1. The van der Waals surface area contributed by atoms with Crippen molar-refractivity contribution in [2.45, 2.75) is 44.7 Å². The quantitative estimate of drug-likeness (QED) is 0.628. The molecule has 3 fully saturated rings. The molecule has 3 aliphatic carbocycles. The number of aryl methyl sites for hydroxylation is 1. The summed E-state index contributed by atoms with van der Waals surface area (Å²) in [6, 6.07) is 10.7. The Balaban J connectivity index is 1.16. The first-order valence-electron chi connectivity index (χ1n) is 11.2. The fourth-order valence-electron chi connectivity index (χ4n) is 5.86. The first-order valence-corrected chi connectivity index (χ1v) is 11.2. The van der Waals surface area contributed by atoms with Gasteiger partial charge in [0.05, 0.1) is 17.4 Å². The molecule has 4 nitrogen and oxygen atoms in total. The van der Waals surface area contributed by atoms with Crippen LogP contribution >= 0.6 is 0 Å². The maximum absolute atomic E-state index is 13.8. The first-order chi connectivity index (χ1) is 15.0. The van der Waals surface area contributed by atoms with E-state index in [4.69, 9.17) is 0 Å². The number of fused-ring (bicyclic) bond motifs is 2. The van der Waals surface area contributed by atoms with Crippen molar-refractivity contribution in [3.8, 4) is 0 Å². The van der Waals surface area contributed by atoms with Gasteiger partial charge in [-0.3, -0.25) is 4.79 Å². The zero-order valence-electron chi connectivity index (χ0n) is 17.4. The summed E-state index contributed by atoms with van der Waals surface area (Å²) < 4.78 is 29.3. The summed E-state index contributed by atoms with van der Waals surface area (Å²) in [7, 11) is 0. The number of nitrogens with zero attached hydrogens (tertiary/aromatic N) is 2. The van der Waals surface area contributed by atoms with E-state index in [1.165, 1.54) is 25.0 Å². The predicted octanol–water partition coefficient (Wildman–Crippen LogP) is 5.03. The summed E-state index contributed by atoms with van der Waals surface area (Å²) in [6.45, 7) is 2.02. The van der Waals surface area contributed by atoms with Gasteiger partial charge in [-0.1, -0.05) is 17.7 Å². The van der Waals surface area contributed by atoms with E-state index in [1.54, 1.807) is 6.33 Å². The van der Waals surface area contributed by atoms with Crippen molar-refractivity contribution in [3.63, 3.8) is 0 Å². The molecule has 1 N–H and O–H groups in total. The third-order valence-corrected chi connectivity index (χ3v) is 7.65. The smallest absolute Gasteiger partial charge is 0.251 e. The fraction of sp³-hybridized carbons (Fsp3) is 0.440. The van der Waals surface area contributed by atoms with Crippen molar-refractivity contribution in [3.05, 3.63) is 65.5 Å². The van der Waals surface area contributed by atoms with Crippen LogP contribution in [0.4, 0.5) is 8.78 Å². The van der Waals surface area contributed by atoms with Gasteiger partial charge in [0, 0.05) is 29.8 Å². The normalized spacial score (nSPS) is 27.8. The highest BCUT2D eigenvalue weighted by atomic mass is 19.2. The van der Waals surface area contributed by atoms with E-state index >= 15 is 0 Å². The van der Waals surface area contributed by atoms with Gasteiger partial charge < -0.3 is 9.88 Å². The van der Waals surface area contributed by atoms with E-state index < -0.39 is 11.6 Å². The van der Waals surface area contributed by atoms with Crippen LogP contribution in [0.5, 0.6) is 0 Å². The van der Waals surface area contributed by atoms with Gasteiger partial charge in [-0.25, -0.2) is 13.8 Å². The Morgan fingerprint density at radius 2 is 1.77 bits per heavy atom. The van der Waals surface area contributed by atoms with Crippen LogP contribution in [0, 0.1) is 42.2 Å². The molecule has 3 saturated carbocycles. The van der Waals surface area contributed by atoms with Gasteiger partial charge in [0.25, 0.3) is 5.91 Å². The molecular weight excluding hydrogens is 396 g/mol. The SMILES string of the molecule is Cc1ccc(C(=O)N[C@H](C2CC2)C2[C@H]3CC(n4cnc5cc(F)c(F)cc54)C[C@@H]23)cc1. The van der Waals surface area contributed by atoms with Crippen molar-refractivity contribution in [1.82, 2.24) is 14.9 Å². The lowest BCUT2D eigenvalue weighted by Crippen LogP contribution is -2.39. The van der Waals surface area contributed by atoms with Gasteiger partial charge in [0.2, 0.25) is 0 Å². The van der Waals surface area contributed by atoms with Crippen molar-refractivity contribution >= 4 is 16.9 Å². The van der Waals surface area contributed by atoms with E-state index in [0.717, 1.165) is 24.0 Å². The Morgan fingerprint density at radius 1 is 1.10 bits per heavy atom. The molecule has 5 atom stereocenters. The molecule has 160 valence electrons. The number of benzene rings is 2. The van der Waals surface area contributed by atoms with E-state index in [-0.39, 0.29) is 18.0 Å². The second kappa shape index (κ2) is 6.87. The standard InChI is InChI=1S/C25H25F2N3O/c1-13-2-4-15(5-3-13)25(31)29-24(14-6-7-14)23-17-8-16(9-18(17)23)30-12-28-21-10-19(26)20(27)11-22(21)30/h2-5,10-12,14,16-18,23-24H,6-9H2,1H3,(H,29,31)/t16?,17-,18+,23?,24-/m1/s1. The van der Waals surface area contributed by atoms with Gasteiger partial charge in [0.15, 0.2) is 11.6 Å². The Kier molecular flexibility index (Phi) is 4.20. The Hall–Kier alpha value is -2.76. The van der Waals surface area contributed by atoms with Crippen LogP contribution in [-0.2, 0) is 0 Å². The number of nitrogens with one attached hydrogen (secondary N) is 1. The number of hydrogen-bond donors (Lipinski definition) is 1. The lowest BCUT2D eigenvalue weighted by molar-refractivity contribution is 0.0921. The second-order valence-electron chi connectivity index (χ2n) is 9.64. The van der Waals surface area contributed by atoms with E-state index in [0.29, 0.717) is 34.7 Å². The van der Waals surface area contributed by atoms with Gasteiger partial charge in [-0.05, 0) is 68.4 Å². The fourth-order valence-corrected chi connectivity index (χ4v) is 5.86. The van der Waals surface area contributed by atoms with Crippen LogP contribution in [0.2, 0.25) is 0 Å². The second-order valence-corrected chi connectivity index (χ2v) is 9.64. The number of amides is 1. The Bertz CT molecular complexity index is 1160. The van der Waals surface area contributed by atoms with Crippen LogP contribution in [0.3, 0.4) is 0 Å². The lowest BCUT2D eigenvalue weighted by atomic mass is 9.97. The summed E-state index contributed by atoms with van der Waals surface area (Å²) in [5.41, 5.74) is 3.03.